The molecule has 0 aliphatic carbocycles. The van der Waals surface area contributed by atoms with Crippen LogP contribution in [0.3, 0.4) is 0 Å². The van der Waals surface area contributed by atoms with Gasteiger partial charge in [0.2, 0.25) is 0 Å². The summed E-state index contributed by atoms with van der Waals surface area (Å²) in [4.78, 5) is 11.7. The van der Waals surface area contributed by atoms with Crippen LogP contribution in [-0.2, 0) is 10.4 Å². The fourth-order valence-electron chi connectivity index (χ4n) is 3.17. The number of aliphatic hydroxyl groups is 1. The molecule has 24 heavy (non-hydrogen) atoms. The zero-order valence-electron chi connectivity index (χ0n) is 15.3. The molecular formula is C21H35NO2. The Hall–Kier alpha value is -1.35. The predicted octanol–water partition coefficient (Wildman–Crippen LogP) is 5.06. The van der Waals surface area contributed by atoms with E-state index in [1.807, 2.05) is 18.2 Å². The van der Waals surface area contributed by atoms with Gasteiger partial charge in [0.1, 0.15) is 0 Å². The number of benzene rings is 1. The number of nitrogens with two attached hydrogens (primary N) is 1. The molecule has 0 aromatic heterocycles. The van der Waals surface area contributed by atoms with Crippen LogP contribution in [-0.4, -0.2) is 11.0 Å². The minimum absolute atomic E-state index is 0.406. The van der Waals surface area contributed by atoms with Gasteiger partial charge in [0.25, 0.3) is 5.91 Å². The summed E-state index contributed by atoms with van der Waals surface area (Å²) in [6.45, 7) is 2.25. The largest absolute Gasteiger partial charge is 0.375 e. The maximum Gasteiger partial charge on any atom is 0.254 e. The van der Waals surface area contributed by atoms with Crippen LogP contribution in [0.1, 0.15) is 89.5 Å². The van der Waals surface area contributed by atoms with Crippen LogP contribution in [0.4, 0.5) is 0 Å². The summed E-state index contributed by atoms with van der Waals surface area (Å²) in [5.74, 6) is -0.652. The molecule has 0 bridgehead atoms. The second-order valence-electron chi connectivity index (χ2n) is 6.88. The van der Waals surface area contributed by atoms with Crippen LogP contribution in [0.25, 0.3) is 0 Å². The number of primary amides is 1. The Balaban J connectivity index is 2.15. The minimum Gasteiger partial charge on any atom is -0.375 e. The molecule has 1 rings (SSSR count). The standard InChI is InChI=1S/C21H35NO2/c1-2-3-4-5-6-7-8-9-10-11-15-18-21(24,20(22)23)19-16-13-12-14-17-19/h12-14,16-17,24H,2-11,15,18H2,1H3,(H2,22,23). The minimum atomic E-state index is -1.53. The lowest BCUT2D eigenvalue weighted by Gasteiger charge is -2.25. The van der Waals surface area contributed by atoms with E-state index in [0.717, 1.165) is 12.8 Å². The lowest BCUT2D eigenvalue weighted by Crippen LogP contribution is -2.41. The monoisotopic (exact) mass is 333 g/mol. The molecule has 0 fully saturated rings. The average Bonchev–Trinajstić information content (AvgIpc) is 2.60. The Morgan fingerprint density at radius 3 is 1.79 bits per heavy atom. The highest BCUT2D eigenvalue weighted by molar-refractivity contribution is 5.84. The Labute approximate surface area is 147 Å². The fraction of sp³-hybridized carbons (Fsp3) is 0.667. The van der Waals surface area contributed by atoms with E-state index in [0.29, 0.717) is 12.0 Å². The molecule has 0 radical (unpaired) electrons. The second kappa shape index (κ2) is 12.1. The van der Waals surface area contributed by atoms with E-state index >= 15 is 0 Å². The smallest absolute Gasteiger partial charge is 0.254 e. The van der Waals surface area contributed by atoms with Gasteiger partial charge in [-0.15, -0.1) is 0 Å². The SMILES string of the molecule is CCCCCCCCCCCCCC(O)(C(N)=O)c1ccccc1. The first kappa shape index (κ1) is 20.7. The molecule has 0 saturated carbocycles. The van der Waals surface area contributed by atoms with E-state index in [1.165, 1.54) is 57.8 Å². The van der Waals surface area contributed by atoms with E-state index in [2.05, 4.69) is 6.92 Å². The van der Waals surface area contributed by atoms with Gasteiger partial charge in [-0.05, 0) is 18.4 Å². The third kappa shape index (κ3) is 7.48. The molecule has 0 heterocycles. The number of amides is 1. The first-order valence-electron chi connectivity index (χ1n) is 9.69. The zero-order chi connectivity index (χ0) is 17.7. The molecule has 3 heteroatoms. The van der Waals surface area contributed by atoms with Crippen LogP contribution >= 0.6 is 0 Å². The van der Waals surface area contributed by atoms with Gasteiger partial charge < -0.3 is 10.8 Å². The third-order valence-electron chi connectivity index (χ3n) is 4.80. The highest BCUT2D eigenvalue weighted by atomic mass is 16.3. The maximum atomic E-state index is 11.7. The van der Waals surface area contributed by atoms with Gasteiger partial charge in [0.05, 0.1) is 0 Å². The van der Waals surface area contributed by atoms with E-state index in [-0.39, 0.29) is 0 Å². The van der Waals surface area contributed by atoms with Crippen molar-refractivity contribution in [3.63, 3.8) is 0 Å². The molecular weight excluding hydrogens is 298 g/mol. The summed E-state index contributed by atoms with van der Waals surface area (Å²) in [7, 11) is 0. The molecule has 0 aliphatic rings. The van der Waals surface area contributed by atoms with Crippen LogP contribution in [0, 0.1) is 0 Å². The van der Waals surface area contributed by atoms with Gasteiger partial charge in [-0.25, -0.2) is 0 Å². The van der Waals surface area contributed by atoms with Crippen molar-refractivity contribution in [1.82, 2.24) is 0 Å². The quantitative estimate of drug-likeness (QED) is 0.467. The highest BCUT2D eigenvalue weighted by Gasteiger charge is 2.34. The third-order valence-corrected chi connectivity index (χ3v) is 4.80. The second-order valence-corrected chi connectivity index (χ2v) is 6.88. The van der Waals surface area contributed by atoms with E-state index in [1.54, 1.807) is 12.1 Å². The van der Waals surface area contributed by atoms with Gasteiger partial charge in [-0.1, -0.05) is 101 Å². The van der Waals surface area contributed by atoms with Crippen LogP contribution in [0.15, 0.2) is 30.3 Å². The van der Waals surface area contributed by atoms with Gasteiger partial charge in [0.15, 0.2) is 5.60 Å². The maximum absolute atomic E-state index is 11.7. The molecule has 3 nitrogen and oxygen atoms in total. The van der Waals surface area contributed by atoms with Crippen molar-refractivity contribution >= 4 is 5.91 Å². The normalized spacial score (nSPS) is 13.6. The highest BCUT2D eigenvalue weighted by Crippen LogP contribution is 2.27. The summed E-state index contributed by atoms with van der Waals surface area (Å²) in [6.07, 6.45) is 14.1. The van der Waals surface area contributed by atoms with E-state index in [4.69, 9.17) is 5.73 Å². The topological polar surface area (TPSA) is 63.3 Å². The Bertz CT molecular complexity index is 446. The molecule has 1 amide bonds. The fourth-order valence-corrected chi connectivity index (χ4v) is 3.17. The Morgan fingerprint density at radius 2 is 1.33 bits per heavy atom. The number of unbranched alkanes of at least 4 members (excludes halogenated alkanes) is 10. The molecule has 136 valence electrons. The van der Waals surface area contributed by atoms with Crippen molar-refractivity contribution in [3.05, 3.63) is 35.9 Å². The summed E-state index contributed by atoms with van der Waals surface area (Å²) in [6, 6.07) is 9.05. The van der Waals surface area contributed by atoms with Crippen molar-refractivity contribution in [2.75, 3.05) is 0 Å². The molecule has 0 spiro atoms. The van der Waals surface area contributed by atoms with Gasteiger partial charge in [-0.3, -0.25) is 4.79 Å². The molecule has 1 unspecified atom stereocenters. The Kier molecular flexibility index (Phi) is 10.4. The number of carbonyl (C=O) groups is 1. The van der Waals surface area contributed by atoms with Gasteiger partial charge in [-0.2, -0.15) is 0 Å². The number of hydrogen-bond acceptors (Lipinski definition) is 2. The summed E-state index contributed by atoms with van der Waals surface area (Å²) in [5.41, 5.74) is 4.52. The van der Waals surface area contributed by atoms with E-state index < -0.39 is 11.5 Å². The molecule has 0 aliphatic heterocycles. The van der Waals surface area contributed by atoms with E-state index in [9.17, 15) is 9.90 Å². The van der Waals surface area contributed by atoms with Crippen LogP contribution in [0.2, 0.25) is 0 Å². The summed E-state index contributed by atoms with van der Waals surface area (Å²) in [5, 5.41) is 10.6. The zero-order valence-corrected chi connectivity index (χ0v) is 15.3. The Morgan fingerprint density at radius 1 is 0.875 bits per heavy atom. The van der Waals surface area contributed by atoms with Gasteiger partial charge in [0, 0.05) is 0 Å². The van der Waals surface area contributed by atoms with Crippen LogP contribution < -0.4 is 5.73 Å². The van der Waals surface area contributed by atoms with Crippen molar-refractivity contribution in [1.29, 1.82) is 0 Å². The van der Waals surface area contributed by atoms with Crippen LogP contribution in [0.5, 0.6) is 0 Å². The lowest BCUT2D eigenvalue weighted by molar-refractivity contribution is -0.138. The summed E-state index contributed by atoms with van der Waals surface area (Å²) >= 11 is 0. The predicted molar refractivity (Wildman–Crippen MR) is 101 cm³/mol. The number of hydrogen-bond donors (Lipinski definition) is 2. The summed E-state index contributed by atoms with van der Waals surface area (Å²) < 4.78 is 0. The first-order chi connectivity index (χ1) is 11.6. The van der Waals surface area contributed by atoms with Gasteiger partial charge >= 0.3 is 0 Å². The van der Waals surface area contributed by atoms with Crippen molar-refractivity contribution < 1.29 is 9.90 Å². The molecule has 3 N–H and O–H groups in total. The van der Waals surface area contributed by atoms with Crippen molar-refractivity contribution in [3.8, 4) is 0 Å². The molecule has 1 aromatic carbocycles. The molecule has 0 saturated heterocycles. The lowest BCUT2D eigenvalue weighted by atomic mass is 9.87. The number of rotatable bonds is 14. The van der Waals surface area contributed by atoms with Crippen molar-refractivity contribution in [2.45, 2.75) is 89.6 Å². The average molecular weight is 334 g/mol. The first-order valence-corrected chi connectivity index (χ1v) is 9.69. The molecule has 1 aromatic rings. The molecule has 1 atom stereocenters. The number of carbonyl (C=O) groups excluding carboxylic acids is 1. The van der Waals surface area contributed by atoms with Crippen molar-refractivity contribution in [2.24, 2.45) is 5.73 Å².